The Morgan fingerprint density at radius 3 is 2.44 bits per heavy atom. The van der Waals surface area contributed by atoms with E-state index in [1.54, 1.807) is 16.4 Å². The van der Waals surface area contributed by atoms with Crippen molar-refractivity contribution >= 4 is 52.1 Å². The second-order valence-electron chi connectivity index (χ2n) is 10.9. The molecule has 1 heterocycles. The van der Waals surface area contributed by atoms with Crippen LogP contribution in [0.25, 0.3) is 0 Å². The van der Waals surface area contributed by atoms with Crippen molar-refractivity contribution in [1.29, 1.82) is 0 Å². The first kappa shape index (κ1) is 35.0. The summed E-state index contributed by atoms with van der Waals surface area (Å²) in [6.07, 6.45) is 1.94. The molecule has 3 atom stereocenters. The molecule has 43 heavy (non-hydrogen) atoms. The van der Waals surface area contributed by atoms with Crippen molar-refractivity contribution in [3.05, 3.63) is 94.5 Å². The van der Waals surface area contributed by atoms with Gasteiger partial charge >= 0.3 is 0 Å². The lowest BCUT2D eigenvalue weighted by Crippen LogP contribution is -2.50. The maximum atomic E-state index is 13.7. The number of anilines is 2. The first-order chi connectivity index (χ1) is 20.1. The first-order valence-corrected chi connectivity index (χ1v) is 16.6. The molecule has 0 saturated carbocycles. The summed E-state index contributed by atoms with van der Waals surface area (Å²) < 4.78 is 23.1. The maximum Gasteiger partial charge on any atom is 0.251 e. The number of amides is 1. The average Bonchev–Trinajstić information content (AvgIpc) is 2.96. The van der Waals surface area contributed by atoms with Gasteiger partial charge in [-0.3, -0.25) is 18.2 Å². The monoisotopic (exact) mass is 650 g/mol. The minimum atomic E-state index is -2.95. The molecule has 0 radical (unpaired) electrons. The van der Waals surface area contributed by atoms with Gasteiger partial charge < -0.3 is 21.1 Å². The Hall–Kier alpha value is -2.50. The van der Waals surface area contributed by atoms with Crippen LogP contribution in [-0.2, 0) is 12.8 Å². The molecular formula is C32H44Cl2N4O4S. The van der Waals surface area contributed by atoms with Gasteiger partial charge in [-0.05, 0) is 81.0 Å². The number of nitrogens with one attached hydrogen (secondary N) is 3. The lowest BCUT2D eigenvalue weighted by molar-refractivity contribution is 0.0826. The molecule has 8 nitrogen and oxygen atoms in total. The fraction of sp³-hybridized carbons (Fsp3) is 0.406. The molecule has 3 aromatic rings. The second kappa shape index (κ2) is 16.5. The molecule has 4 rings (SSSR count). The number of carbonyl (C=O) groups is 1. The number of hydrogen-bond acceptors (Lipinski definition) is 7. The highest BCUT2D eigenvalue weighted by Gasteiger charge is 2.29. The molecule has 236 valence electrons. The molecule has 1 aliphatic heterocycles. The third kappa shape index (κ3) is 10.3. The van der Waals surface area contributed by atoms with E-state index in [-0.39, 0.29) is 30.9 Å². The van der Waals surface area contributed by atoms with Crippen molar-refractivity contribution in [3.8, 4) is 0 Å². The Kier molecular flexibility index (Phi) is 13.5. The second-order valence-corrected chi connectivity index (χ2v) is 13.5. The zero-order valence-electron chi connectivity index (χ0n) is 24.7. The fourth-order valence-electron chi connectivity index (χ4n) is 5.25. The SMILES string of the molecule is CCNc1cc(C(=O)N[C@@H](Cc2ccccc2)[C@H](O)CNC(C)Cc2cccc(Cl)c2)cc(N2CCCCS2(O)O)c1.Cl. The Morgan fingerprint density at radius 2 is 1.74 bits per heavy atom. The van der Waals surface area contributed by atoms with E-state index in [1.165, 1.54) is 0 Å². The number of halogens is 2. The molecule has 0 spiro atoms. The van der Waals surface area contributed by atoms with Gasteiger partial charge in [0, 0.05) is 41.9 Å². The average molecular weight is 652 g/mol. The Balaban J connectivity index is 0.00000506. The van der Waals surface area contributed by atoms with Gasteiger partial charge in [-0.2, -0.15) is 0 Å². The van der Waals surface area contributed by atoms with Crippen LogP contribution in [0.4, 0.5) is 11.4 Å². The lowest BCUT2D eigenvalue weighted by Gasteiger charge is -2.47. The molecule has 1 aliphatic rings. The number of benzene rings is 3. The van der Waals surface area contributed by atoms with Crippen molar-refractivity contribution in [2.45, 2.75) is 57.7 Å². The predicted molar refractivity (Wildman–Crippen MR) is 182 cm³/mol. The number of rotatable bonds is 13. The number of aliphatic hydroxyl groups excluding tert-OH is 1. The summed E-state index contributed by atoms with van der Waals surface area (Å²) in [6, 6.07) is 22.3. The summed E-state index contributed by atoms with van der Waals surface area (Å²) >= 11 is 6.14. The standard InChI is InChI=1S/C32H43ClN4O4S.ClH/c1-3-34-28-19-26(20-29(21-28)37-14-7-8-15-42(37,40)41)32(39)36-30(18-24-10-5-4-6-11-24)31(38)22-35-23(2)16-25-12-9-13-27(33)17-25;/h4-6,9-13,17,19-21,23,30-31,34-35,38,40-41H,3,7-8,14-16,18,22H2,1-2H3,(H,36,39);1H/t23?,30-,31+;/m0./s1. The lowest BCUT2D eigenvalue weighted by atomic mass is 9.99. The van der Waals surface area contributed by atoms with Gasteiger partial charge in [0.25, 0.3) is 5.91 Å². The summed E-state index contributed by atoms with van der Waals surface area (Å²) in [5, 5.41) is 21.7. The van der Waals surface area contributed by atoms with Crippen LogP contribution < -0.4 is 20.3 Å². The minimum Gasteiger partial charge on any atom is -0.390 e. The molecule has 3 aromatic carbocycles. The van der Waals surface area contributed by atoms with E-state index >= 15 is 0 Å². The van der Waals surface area contributed by atoms with Crippen LogP contribution in [0.5, 0.6) is 0 Å². The normalized spacial score (nSPS) is 17.2. The molecule has 0 aromatic heterocycles. The van der Waals surface area contributed by atoms with Gasteiger partial charge in [0.1, 0.15) is 0 Å². The van der Waals surface area contributed by atoms with E-state index < -0.39 is 22.9 Å². The van der Waals surface area contributed by atoms with E-state index in [1.807, 2.05) is 67.6 Å². The van der Waals surface area contributed by atoms with Gasteiger partial charge in [0.05, 0.1) is 23.6 Å². The number of nitrogens with zero attached hydrogens (tertiary/aromatic N) is 1. The first-order valence-electron chi connectivity index (χ1n) is 14.6. The molecule has 1 saturated heterocycles. The highest BCUT2D eigenvalue weighted by Crippen LogP contribution is 2.50. The largest absolute Gasteiger partial charge is 0.390 e. The fourth-order valence-corrected chi connectivity index (χ4v) is 7.14. The summed E-state index contributed by atoms with van der Waals surface area (Å²) in [5.74, 6) is -0.0231. The number of aliphatic hydroxyl groups is 1. The Morgan fingerprint density at radius 1 is 1.00 bits per heavy atom. The van der Waals surface area contributed by atoms with E-state index in [0.717, 1.165) is 36.1 Å². The van der Waals surface area contributed by atoms with Gasteiger partial charge in [-0.1, -0.05) is 54.1 Å². The number of hydrogen-bond donors (Lipinski definition) is 6. The van der Waals surface area contributed by atoms with Crippen LogP contribution in [0.15, 0.2) is 72.8 Å². The van der Waals surface area contributed by atoms with Gasteiger partial charge in [0.2, 0.25) is 0 Å². The van der Waals surface area contributed by atoms with Crippen LogP contribution in [-0.4, -0.2) is 63.7 Å². The molecule has 11 heteroatoms. The topological polar surface area (TPSA) is 117 Å². The van der Waals surface area contributed by atoms with E-state index in [0.29, 0.717) is 41.5 Å². The quantitative estimate of drug-likeness (QED) is 0.127. The van der Waals surface area contributed by atoms with Crippen LogP contribution >= 0.6 is 34.8 Å². The minimum absolute atomic E-state index is 0. The Bertz CT molecular complexity index is 1320. The van der Waals surface area contributed by atoms with Crippen molar-refractivity contribution in [2.75, 3.05) is 35.0 Å². The zero-order chi connectivity index (χ0) is 30.1. The van der Waals surface area contributed by atoms with Crippen molar-refractivity contribution in [1.82, 2.24) is 10.6 Å². The predicted octanol–water partition coefficient (Wildman–Crippen LogP) is 6.38. The molecule has 1 unspecified atom stereocenters. The summed E-state index contributed by atoms with van der Waals surface area (Å²) in [5.41, 5.74) is 3.80. The number of carbonyl (C=O) groups excluding carboxylic acids is 1. The van der Waals surface area contributed by atoms with Gasteiger partial charge in [-0.15, -0.1) is 23.2 Å². The summed E-state index contributed by atoms with van der Waals surface area (Å²) in [6.45, 7) is 5.46. The van der Waals surface area contributed by atoms with Gasteiger partial charge in [0.15, 0.2) is 0 Å². The third-order valence-electron chi connectivity index (χ3n) is 7.42. The smallest absolute Gasteiger partial charge is 0.251 e. The van der Waals surface area contributed by atoms with Crippen molar-refractivity contribution in [3.63, 3.8) is 0 Å². The zero-order valence-corrected chi connectivity index (χ0v) is 27.1. The van der Waals surface area contributed by atoms with E-state index in [2.05, 4.69) is 22.9 Å². The molecule has 6 N–H and O–H groups in total. The van der Waals surface area contributed by atoms with Crippen LogP contribution in [0.2, 0.25) is 5.02 Å². The molecule has 0 aliphatic carbocycles. The molecule has 1 amide bonds. The molecular weight excluding hydrogens is 607 g/mol. The van der Waals surface area contributed by atoms with E-state index in [4.69, 9.17) is 11.6 Å². The van der Waals surface area contributed by atoms with Crippen molar-refractivity contribution in [2.24, 2.45) is 0 Å². The maximum absolute atomic E-state index is 13.7. The molecule has 1 fully saturated rings. The van der Waals surface area contributed by atoms with E-state index in [9.17, 15) is 19.0 Å². The molecule has 0 bridgehead atoms. The van der Waals surface area contributed by atoms with Crippen LogP contribution in [0.3, 0.4) is 0 Å². The van der Waals surface area contributed by atoms with Crippen LogP contribution in [0, 0.1) is 0 Å². The summed E-state index contributed by atoms with van der Waals surface area (Å²) in [7, 11) is -2.95. The van der Waals surface area contributed by atoms with Crippen LogP contribution in [0.1, 0.15) is 48.2 Å². The van der Waals surface area contributed by atoms with Crippen molar-refractivity contribution < 1.29 is 19.0 Å². The Labute approximate surface area is 268 Å². The highest BCUT2D eigenvalue weighted by atomic mass is 35.5. The third-order valence-corrected chi connectivity index (χ3v) is 9.59. The highest BCUT2D eigenvalue weighted by molar-refractivity contribution is 8.25. The van der Waals surface area contributed by atoms with Gasteiger partial charge in [-0.25, -0.2) is 0 Å². The summed E-state index contributed by atoms with van der Waals surface area (Å²) in [4.78, 5) is 13.7.